The molecule has 0 aromatic rings. The zero-order valence-electron chi connectivity index (χ0n) is 9.99. The maximum absolute atomic E-state index is 9.69. The van der Waals surface area contributed by atoms with Crippen LogP contribution >= 0.6 is 0 Å². The van der Waals surface area contributed by atoms with Gasteiger partial charge in [-0.25, -0.2) is 0 Å². The molecular formula is C13H25NO. The first kappa shape index (κ1) is 11.4. The van der Waals surface area contributed by atoms with Gasteiger partial charge in [-0.3, -0.25) is 4.90 Å². The van der Waals surface area contributed by atoms with Gasteiger partial charge in [0, 0.05) is 12.6 Å². The third kappa shape index (κ3) is 2.94. The summed E-state index contributed by atoms with van der Waals surface area (Å²) in [6.07, 6.45) is 9.06. The average molecular weight is 211 g/mol. The third-order valence-corrected chi connectivity index (χ3v) is 4.28. The minimum Gasteiger partial charge on any atom is -0.392 e. The van der Waals surface area contributed by atoms with E-state index in [1.54, 1.807) is 0 Å². The molecule has 0 amide bonds. The van der Waals surface area contributed by atoms with E-state index in [9.17, 15) is 5.11 Å². The Morgan fingerprint density at radius 2 is 2.07 bits per heavy atom. The molecule has 15 heavy (non-hydrogen) atoms. The van der Waals surface area contributed by atoms with Gasteiger partial charge >= 0.3 is 0 Å². The van der Waals surface area contributed by atoms with Crippen LogP contribution in [0.25, 0.3) is 0 Å². The van der Waals surface area contributed by atoms with E-state index in [4.69, 9.17) is 0 Å². The fourth-order valence-corrected chi connectivity index (χ4v) is 3.28. The summed E-state index contributed by atoms with van der Waals surface area (Å²) >= 11 is 0. The van der Waals surface area contributed by atoms with Crippen molar-refractivity contribution in [2.75, 3.05) is 13.1 Å². The molecule has 0 aromatic carbocycles. The fraction of sp³-hybridized carbons (Fsp3) is 1.00. The molecule has 0 spiro atoms. The average Bonchev–Trinajstić information content (AvgIpc) is 2.29. The Morgan fingerprint density at radius 1 is 1.20 bits per heavy atom. The minimum atomic E-state index is -0.0549. The number of aliphatic hydroxyl groups is 1. The van der Waals surface area contributed by atoms with Crippen molar-refractivity contribution in [3.8, 4) is 0 Å². The van der Waals surface area contributed by atoms with Gasteiger partial charge in [-0.15, -0.1) is 0 Å². The van der Waals surface area contributed by atoms with E-state index in [2.05, 4.69) is 11.8 Å². The Balaban J connectivity index is 1.86. The number of β-amino-alcohol motifs (C(OH)–C–C–N with tert-alkyl or cyclic N) is 1. The predicted molar refractivity (Wildman–Crippen MR) is 62.9 cm³/mol. The van der Waals surface area contributed by atoms with Gasteiger partial charge in [0.25, 0.3) is 0 Å². The molecule has 1 N–H and O–H groups in total. The van der Waals surface area contributed by atoms with E-state index >= 15 is 0 Å². The zero-order chi connectivity index (χ0) is 10.7. The molecule has 0 bridgehead atoms. The van der Waals surface area contributed by atoms with Crippen molar-refractivity contribution in [3.63, 3.8) is 0 Å². The van der Waals surface area contributed by atoms with Crippen molar-refractivity contribution in [2.45, 2.75) is 64.0 Å². The summed E-state index contributed by atoms with van der Waals surface area (Å²) in [6, 6.07) is 0.777. The molecule has 2 heteroatoms. The smallest absolute Gasteiger partial charge is 0.0667 e. The summed E-state index contributed by atoms with van der Waals surface area (Å²) in [5.41, 5.74) is 0. The van der Waals surface area contributed by atoms with E-state index in [-0.39, 0.29) is 6.10 Å². The number of nitrogens with zero attached hydrogens (tertiary/aromatic N) is 1. The van der Waals surface area contributed by atoms with Crippen LogP contribution < -0.4 is 0 Å². The molecule has 1 saturated heterocycles. The summed E-state index contributed by atoms with van der Waals surface area (Å²) in [5.74, 6) is 0.947. The van der Waals surface area contributed by atoms with E-state index in [0.717, 1.165) is 24.9 Å². The Kier molecular flexibility index (Phi) is 4.04. The number of aliphatic hydroxyl groups excluding tert-OH is 1. The van der Waals surface area contributed by atoms with Crippen LogP contribution in [0.4, 0.5) is 0 Å². The van der Waals surface area contributed by atoms with Gasteiger partial charge < -0.3 is 5.11 Å². The van der Waals surface area contributed by atoms with E-state index in [1.807, 2.05) is 0 Å². The molecule has 2 aliphatic rings. The zero-order valence-corrected chi connectivity index (χ0v) is 9.99. The van der Waals surface area contributed by atoms with E-state index < -0.39 is 0 Å². The molecule has 1 aliphatic heterocycles. The van der Waals surface area contributed by atoms with Crippen LogP contribution in [0.3, 0.4) is 0 Å². The van der Waals surface area contributed by atoms with Gasteiger partial charge in [-0.2, -0.15) is 0 Å². The van der Waals surface area contributed by atoms with Crippen molar-refractivity contribution in [1.29, 1.82) is 0 Å². The Bertz CT molecular complexity index is 195. The minimum absolute atomic E-state index is 0.0549. The van der Waals surface area contributed by atoms with Gasteiger partial charge in [-0.05, 0) is 38.1 Å². The molecule has 0 radical (unpaired) electrons. The van der Waals surface area contributed by atoms with Crippen LogP contribution in [-0.2, 0) is 0 Å². The summed E-state index contributed by atoms with van der Waals surface area (Å²) in [5, 5.41) is 9.69. The lowest BCUT2D eigenvalue weighted by Gasteiger charge is -2.40. The van der Waals surface area contributed by atoms with Crippen LogP contribution in [-0.4, -0.2) is 35.2 Å². The Morgan fingerprint density at radius 3 is 2.80 bits per heavy atom. The molecule has 2 fully saturated rings. The molecule has 1 aliphatic carbocycles. The summed E-state index contributed by atoms with van der Waals surface area (Å²) in [6.45, 7) is 4.47. The van der Waals surface area contributed by atoms with Gasteiger partial charge in [-0.1, -0.05) is 26.2 Å². The normalized spacial score (nSPS) is 39.2. The van der Waals surface area contributed by atoms with Crippen LogP contribution in [0.15, 0.2) is 0 Å². The third-order valence-electron chi connectivity index (χ3n) is 4.28. The van der Waals surface area contributed by atoms with E-state index in [1.165, 1.54) is 45.1 Å². The summed E-state index contributed by atoms with van der Waals surface area (Å²) < 4.78 is 0. The molecule has 2 rings (SSSR count). The van der Waals surface area contributed by atoms with Crippen molar-refractivity contribution >= 4 is 0 Å². The van der Waals surface area contributed by atoms with Crippen molar-refractivity contribution in [2.24, 2.45) is 5.92 Å². The van der Waals surface area contributed by atoms with Crippen molar-refractivity contribution < 1.29 is 5.11 Å². The van der Waals surface area contributed by atoms with Gasteiger partial charge in [0.05, 0.1) is 6.10 Å². The highest BCUT2D eigenvalue weighted by Crippen LogP contribution is 2.31. The molecule has 2 nitrogen and oxygen atoms in total. The Labute approximate surface area is 93.7 Å². The van der Waals surface area contributed by atoms with Crippen LogP contribution in [0.2, 0.25) is 0 Å². The highest BCUT2D eigenvalue weighted by molar-refractivity contribution is 4.83. The topological polar surface area (TPSA) is 23.5 Å². The second-order valence-corrected chi connectivity index (χ2v) is 5.39. The van der Waals surface area contributed by atoms with E-state index in [0.29, 0.717) is 0 Å². The number of hydrogen-bond acceptors (Lipinski definition) is 2. The van der Waals surface area contributed by atoms with Crippen LogP contribution in [0.1, 0.15) is 51.9 Å². The highest BCUT2D eigenvalue weighted by atomic mass is 16.3. The number of hydrogen-bond donors (Lipinski definition) is 1. The van der Waals surface area contributed by atoms with Crippen molar-refractivity contribution in [1.82, 2.24) is 4.90 Å². The van der Waals surface area contributed by atoms with Gasteiger partial charge in [0.1, 0.15) is 0 Å². The lowest BCUT2D eigenvalue weighted by atomic mass is 9.83. The lowest BCUT2D eigenvalue weighted by molar-refractivity contribution is 0.0284. The summed E-state index contributed by atoms with van der Waals surface area (Å²) in [4.78, 5) is 2.55. The maximum atomic E-state index is 9.69. The van der Waals surface area contributed by atoms with Crippen molar-refractivity contribution in [3.05, 3.63) is 0 Å². The largest absolute Gasteiger partial charge is 0.392 e. The highest BCUT2D eigenvalue weighted by Gasteiger charge is 2.28. The molecule has 88 valence electrons. The monoisotopic (exact) mass is 211 g/mol. The molecule has 1 heterocycles. The SMILES string of the molecule is CCC1CCCC(N2CCCC(O)C2)C1. The second kappa shape index (κ2) is 5.31. The Hall–Kier alpha value is -0.0800. The van der Waals surface area contributed by atoms with Crippen LogP contribution in [0, 0.1) is 5.92 Å². The first-order valence-electron chi connectivity index (χ1n) is 6.71. The first-order chi connectivity index (χ1) is 7.29. The molecule has 1 saturated carbocycles. The molecule has 3 atom stereocenters. The number of rotatable bonds is 2. The predicted octanol–water partition coefficient (Wildman–Crippen LogP) is 2.41. The quantitative estimate of drug-likeness (QED) is 0.758. The summed E-state index contributed by atoms with van der Waals surface area (Å²) in [7, 11) is 0. The molecule has 3 unspecified atom stereocenters. The lowest BCUT2D eigenvalue weighted by Crippen LogP contribution is -2.46. The molecule has 0 aromatic heterocycles. The first-order valence-corrected chi connectivity index (χ1v) is 6.71. The standard InChI is InChI=1S/C13H25NO/c1-2-11-5-3-6-12(9-11)14-8-4-7-13(15)10-14/h11-13,15H,2-10H2,1H3. The van der Waals surface area contributed by atoms with Gasteiger partial charge in [0.15, 0.2) is 0 Å². The molecular weight excluding hydrogens is 186 g/mol. The fourth-order valence-electron chi connectivity index (χ4n) is 3.28. The number of likely N-dealkylation sites (tertiary alicyclic amines) is 1. The second-order valence-electron chi connectivity index (χ2n) is 5.39. The van der Waals surface area contributed by atoms with Crippen LogP contribution in [0.5, 0.6) is 0 Å². The van der Waals surface area contributed by atoms with Gasteiger partial charge in [0.2, 0.25) is 0 Å². The maximum Gasteiger partial charge on any atom is 0.0667 e. The number of piperidine rings is 1.